The van der Waals surface area contributed by atoms with E-state index < -0.39 is 18.9 Å². The maximum absolute atomic E-state index is 12.1. The van der Waals surface area contributed by atoms with Crippen molar-refractivity contribution in [3.05, 3.63) is 29.8 Å². The molecule has 6 nitrogen and oxygen atoms in total. The van der Waals surface area contributed by atoms with Crippen LogP contribution in [0.2, 0.25) is 0 Å². The van der Waals surface area contributed by atoms with Crippen LogP contribution in [0.1, 0.15) is 5.56 Å². The summed E-state index contributed by atoms with van der Waals surface area (Å²) < 4.78 is 45.0. The van der Waals surface area contributed by atoms with Crippen LogP contribution in [0.4, 0.5) is 23.7 Å². The molecule has 0 radical (unpaired) electrons. The van der Waals surface area contributed by atoms with Crippen molar-refractivity contribution >= 4 is 17.7 Å². The SMILES string of the molecule is O=C(Nc1ccc(CC(=O)N2CCOCC2)cc1)OCC(F)(F)F. The van der Waals surface area contributed by atoms with Gasteiger partial charge in [0.05, 0.1) is 19.6 Å². The zero-order chi connectivity index (χ0) is 17.6. The van der Waals surface area contributed by atoms with Crippen molar-refractivity contribution in [3.8, 4) is 0 Å². The van der Waals surface area contributed by atoms with Crippen LogP contribution in [0.5, 0.6) is 0 Å². The Balaban J connectivity index is 1.81. The smallest absolute Gasteiger partial charge is 0.422 e. The van der Waals surface area contributed by atoms with Crippen LogP contribution in [0.3, 0.4) is 0 Å². The van der Waals surface area contributed by atoms with E-state index in [4.69, 9.17) is 4.74 Å². The van der Waals surface area contributed by atoms with Gasteiger partial charge in [-0.15, -0.1) is 0 Å². The van der Waals surface area contributed by atoms with E-state index in [1.54, 1.807) is 17.0 Å². The fraction of sp³-hybridized carbons (Fsp3) is 0.467. The molecule has 0 aromatic heterocycles. The summed E-state index contributed by atoms with van der Waals surface area (Å²) in [7, 11) is 0. The quantitative estimate of drug-likeness (QED) is 0.908. The van der Waals surface area contributed by atoms with Crippen LogP contribution in [0.15, 0.2) is 24.3 Å². The molecular formula is C15H17F3N2O4. The standard InChI is InChI=1S/C15H17F3N2O4/c16-15(17,18)10-24-14(22)19-12-3-1-11(2-4-12)9-13(21)20-5-7-23-8-6-20/h1-4H,5-10H2,(H,19,22). The van der Waals surface area contributed by atoms with Gasteiger partial charge in [0.1, 0.15) is 0 Å². The van der Waals surface area contributed by atoms with E-state index in [-0.39, 0.29) is 18.0 Å². The Kier molecular flexibility index (Phi) is 6.02. The van der Waals surface area contributed by atoms with Crippen molar-refractivity contribution in [2.24, 2.45) is 0 Å². The van der Waals surface area contributed by atoms with E-state index in [0.29, 0.717) is 26.3 Å². The lowest BCUT2D eigenvalue weighted by atomic mass is 10.1. The Morgan fingerprint density at radius 2 is 1.79 bits per heavy atom. The van der Waals surface area contributed by atoms with Gasteiger partial charge in [-0.1, -0.05) is 12.1 Å². The fourth-order valence-corrected chi connectivity index (χ4v) is 2.11. The van der Waals surface area contributed by atoms with Gasteiger partial charge in [0.15, 0.2) is 6.61 Å². The summed E-state index contributed by atoms with van der Waals surface area (Å²) in [6.07, 6.45) is -5.55. The molecule has 0 spiro atoms. The fourth-order valence-electron chi connectivity index (χ4n) is 2.11. The van der Waals surface area contributed by atoms with E-state index in [1.807, 2.05) is 0 Å². The van der Waals surface area contributed by atoms with Crippen LogP contribution in [-0.4, -0.2) is 56.0 Å². The van der Waals surface area contributed by atoms with E-state index in [2.05, 4.69) is 10.1 Å². The molecule has 0 bridgehead atoms. The number of benzene rings is 1. The Labute approximate surface area is 136 Å². The number of ether oxygens (including phenoxy) is 2. The van der Waals surface area contributed by atoms with Gasteiger partial charge < -0.3 is 14.4 Å². The first kappa shape index (κ1) is 18.1. The summed E-state index contributed by atoms with van der Waals surface area (Å²) in [5.41, 5.74) is 1.02. The van der Waals surface area contributed by atoms with Gasteiger partial charge >= 0.3 is 12.3 Å². The number of rotatable bonds is 4. The molecule has 9 heteroatoms. The molecule has 1 heterocycles. The summed E-state index contributed by atoms with van der Waals surface area (Å²) in [6, 6.07) is 6.24. The lowest BCUT2D eigenvalue weighted by molar-refractivity contribution is -0.159. The number of alkyl halides is 3. The highest BCUT2D eigenvalue weighted by Gasteiger charge is 2.29. The highest BCUT2D eigenvalue weighted by atomic mass is 19.4. The topological polar surface area (TPSA) is 67.9 Å². The zero-order valence-electron chi connectivity index (χ0n) is 12.8. The molecule has 1 aliphatic rings. The second-order valence-electron chi connectivity index (χ2n) is 5.18. The van der Waals surface area contributed by atoms with Crippen LogP contribution >= 0.6 is 0 Å². The minimum atomic E-state index is -4.57. The van der Waals surface area contributed by atoms with Gasteiger partial charge in [-0.3, -0.25) is 10.1 Å². The van der Waals surface area contributed by atoms with E-state index in [0.717, 1.165) is 5.56 Å². The monoisotopic (exact) mass is 346 g/mol. The summed E-state index contributed by atoms with van der Waals surface area (Å²) in [6.45, 7) is 0.515. The van der Waals surface area contributed by atoms with E-state index in [1.165, 1.54) is 12.1 Å². The highest BCUT2D eigenvalue weighted by Crippen LogP contribution is 2.16. The Morgan fingerprint density at radius 1 is 1.17 bits per heavy atom. The van der Waals surface area contributed by atoms with Gasteiger partial charge in [-0.2, -0.15) is 13.2 Å². The molecule has 24 heavy (non-hydrogen) atoms. The zero-order valence-corrected chi connectivity index (χ0v) is 12.8. The molecule has 1 saturated heterocycles. The molecule has 1 aromatic rings. The number of anilines is 1. The minimum Gasteiger partial charge on any atom is -0.440 e. The minimum absolute atomic E-state index is 0.0244. The third-order valence-electron chi connectivity index (χ3n) is 3.29. The van der Waals surface area contributed by atoms with Crippen molar-refractivity contribution in [2.45, 2.75) is 12.6 Å². The van der Waals surface area contributed by atoms with E-state index in [9.17, 15) is 22.8 Å². The molecule has 2 rings (SSSR count). The number of halogens is 3. The first-order chi connectivity index (χ1) is 11.3. The maximum atomic E-state index is 12.1. The molecule has 132 valence electrons. The maximum Gasteiger partial charge on any atom is 0.422 e. The highest BCUT2D eigenvalue weighted by molar-refractivity contribution is 5.85. The molecular weight excluding hydrogens is 329 g/mol. The molecule has 2 amide bonds. The van der Waals surface area contributed by atoms with Crippen molar-refractivity contribution in [2.75, 3.05) is 38.2 Å². The van der Waals surface area contributed by atoms with Gasteiger partial charge in [0.2, 0.25) is 5.91 Å². The number of amides is 2. The summed E-state index contributed by atoms with van der Waals surface area (Å²) >= 11 is 0. The Hall–Kier alpha value is -2.29. The molecule has 0 saturated carbocycles. The second-order valence-corrected chi connectivity index (χ2v) is 5.18. The van der Waals surface area contributed by atoms with Crippen molar-refractivity contribution in [1.29, 1.82) is 0 Å². The first-order valence-electron chi connectivity index (χ1n) is 7.28. The third kappa shape index (κ3) is 6.07. The average Bonchev–Trinajstić information content (AvgIpc) is 2.55. The van der Waals surface area contributed by atoms with Gasteiger partial charge in [0.25, 0.3) is 0 Å². The number of morpholine rings is 1. The third-order valence-corrected chi connectivity index (χ3v) is 3.29. The summed E-state index contributed by atoms with van der Waals surface area (Å²) in [5.74, 6) is -0.0244. The number of nitrogens with zero attached hydrogens (tertiary/aromatic N) is 1. The largest absolute Gasteiger partial charge is 0.440 e. The molecule has 1 aliphatic heterocycles. The Morgan fingerprint density at radius 3 is 2.38 bits per heavy atom. The molecule has 1 N–H and O–H groups in total. The summed E-state index contributed by atoms with van der Waals surface area (Å²) in [4.78, 5) is 25.0. The van der Waals surface area contributed by atoms with Gasteiger partial charge in [0, 0.05) is 18.8 Å². The molecule has 0 aliphatic carbocycles. The number of carbonyl (C=O) groups excluding carboxylic acids is 2. The summed E-state index contributed by atoms with van der Waals surface area (Å²) in [5, 5.41) is 2.19. The molecule has 0 unspecified atom stereocenters. The second kappa shape index (κ2) is 8.00. The van der Waals surface area contributed by atoms with Crippen LogP contribution < -0.4 is 5.32 Å². The average molecular weight is 346 g/mol. The van der Waals surface area contributed by atoms with Gasteiger partial charge in [-0.25, -0.2) is 4.79 Å². The Bertz CT molecular complexity index is 569. The number of nitrogens with one attached hydrogen (secondary N) is 1. The van der Waals surface area contributed by atoms with E-state index >= 15 is 0 Å². The predicted molar refractivity (Wildman–Crippen MR) is 78.6 cm³/mol. The first-order valence-corrected chi connectivity index (χ1v) is 7.28. The van der Waals surface area contributed by atoms with Gasteiger partial charge in [-0.05, 0) is 17.7 Å². The van der Waals surface area contributed by atoms with Crippen molar-refractivity contribution < 1.29 is 32.2 Å². The van der Waals surface area contributed by atoms with Crippen LogP contribution in [0, 0.1) is 0 Å². The number of hydrogen-bond donors (Lipinski definition) is 1. The number of hydrogen-bond acceptors (Lipinski definition) is 4. The molecule has 1 aromatic carbocycles. The molecule has 0 atom stereocenters. The molecule has 1 fully saturated rings. The van der Waals surface area contributed by atoms with Crippen molar-refractivity contribution in [3.63, 3.8) is 0 Å². The predicted octanol–water partition coefficient (Wildman–Crippen LogP) is 2.20. The lowest BCUT2D eigenvalue weighted by Gasteiger charge is -2.26. The van der Waals surface area contributed by atoms with Crippen molar-refractivity contribution in [1.82, 2.24) is 4.90 Å². The van der Waals surface area contributed by atoms with Crippen LogP contribution in [-0.2, 0) is 20.7 Å². The lowest BCUT2D eigenvalue weighted by Crippen LogP contribution is -2.41. The normalized spacial score (nSPS) is 15.0. The number of carbonyl (C=O) groups is 2. The van der Waals surface area contributed by atoms with Crippen LogP contribution in [0.25, 0.3) is 0 Å².